The van der Waals surface area contributed by atoms with Crippen molar-refractivity contribution in [3.05, 3.63) is 40.4 Å². The molecule has 176 valence electrons. The molecule has 2 heterocycles. The number of piperazine rings is 1. The van der Waals surface area contributed by atoms with E-state index in [1.54, 1.807) is 30.5 Å². The summed E-state index contributed by atoms with van der Waals surface area (Å²) in [4.78, 5) is 43.1. The molecule has 0 spiro atoms. The van der Waals surface area contributed by atoms with Crippen LogP contribution in [-0.2, 0) is 9.59 Å². The molecule has 10 heteroatoms. The number of benzene rings is 1. The van der Waals surface area contributed by atoms with E-state index in [2.05, 4.69) is 15.5 Å². The van der Waals surface area contributed by atoms with Gasteiger partial charge in [0.25, 0.3) is 11.8 Å². The summed E-state index contributed by atoms with van der Waals surface area (Å²) in [6.07, 6.45) is 4.04. The predicted molar refractivity (Wildman–Crippen MR) is 127 cm³/mol. The highest BCUT2D eigenvalue weighted by atomic mass is 32.1. The summed E-state index contributed by atoms with van der Waals surface area (Å²) in [6, 6.07) is 7.13. The number of nitrogens with one attached hydrogen (secondary N) is 2. The fourth-order valence-electron chi connectivity index (χ4n) is 4.46. The maximum absolute atomic E-state index is 12.9. The second kappa shape index (κ2) is 9.58. The lowest BCUT2D eigenvalue weighted by molar-refractivity contribution is -0.861. The number of carbonyl (C=O) groups excluding carboxylic acids is 3. The van der Waals surface area contributed by atoms with Gasteiger partial charge in [-0.05, 0) is 25.0 Å². The molecule has 1 aliphatic heterocycles. The first-order valence-corrected chi connectivity index (χ1v) is 12.1. The Morgan fingerprint density at radius 2 is 1.82 bits per heavy atom. The Labute approximate surface area is 197 Å². The van der Waals surface area contributed by atoms with Crippen molar-refractivity contribution in [3.63, 3.8) is 0 Å². The van der Waals surface area contributed by atoms with Gasteiger partial charge in [-0.15, -0.1) is 11.3 Å². The van der Waals surface area contributed by atoms with Gasteiger partial charge < -0.3 is 20.1 Å². The number of anilines is 1. The van der Waals surface area contributed by atoms with Crippen LogP contribution in [0, 0.1) is 5.21 Å². The molecule has 0 bridgehead atoms. The zero-order chi connectivity index (χ0) is 23.5. The topological polar surface area (TPSA) is 114 Å². The Hall–Kier alpha value is -2.82. The lowest BCUT2D eigenvalue weighted by atomic mass is 9.80. The number of carbonyl (C=O) groups is 3. The molecule has 1 aromatic carbocycles. The van der Waals surface area contributed by atoms with E-state index in [0.29, 0.717) is 51.0 Å². The molecule has 4 rings (SSSR count). The SMILES string of the molecule is C[N+]1([O-])CCN(c2nc(-c3ccc(C(=O)NC4(C(=O)NC=O)CCCCC4)cc3)cs2)CC1. The first-order valence-electron chi connectivity index (χ1n) is 11.3. The van der Waals surface area contributed by atoms with Gasteiger partial charge in [0.2, 0.25) is 6.41 Å². The molecule has 33 heavy (non-hydrogen) atoms. The van der Waals surface area contributed by atoms with Crippen LogP contribution in [0.4, 0.5) is 5.13 Å². The fraction of sp³-hybridized carbons (Fsp3) is 0.478. The van der Waals surface area contributed by atoms with E-state index < -0.39 is 11.4 Å². The summed E-state index contributed by atoms with van der Waals surface area (Å²) in [7, 11) is 1.70. The molecular formula is C23H29N5O4S. The molecule has 2 N–H and O–H groups in total. The zero-order valence-corrected chi connectivity index (χ0v) is 19.5. The van der Waals surface area contributed by atoms with Gasteiger partial charge in [0, 0.05) is 16.5 Å². The van der Waals surface area contributed by atoms with E-state index in [4.69, 9.17) is 4.98 Å². The molecule has 0 radical (unpaired) electrons. The minimum Gasteiger partial charge on any atom is -0.633 e. The summed E-state index contributed by atoms with van der Waals surface area (Å²) in [5.41, 5.74) is 1.11. The minimum atomic E-state index is -1.05. The highest BCUT2D eigenvalue weighted by Gasteiger charge is 2.40. The second-order valence-electron chi connectivity index (χ2n) is 9.01. The Kier molecular flexibility index (Phi) is 6.78. The van der Waals surface area contributed by atoms with Crippen LogP contribution in [0.1, 0.15) is 42.5 Å². The molecule has 2 aliphatic rings. The van der Waals surface area contributed by atoms with Crippen molar-refractivity contribution in [3.8, 4) is 11.3 Å². The van der Waals surface area contributed by atoms with Crippen LogP contribution >= 0.6 is 11.3 Å². The quantitative estimate of drug-likeness (QED) is 0.380. The van der Waals surface area contributed by atoms with E-state index in [1.165, 1.54) is 0 Å². The van der Waals surface area contributed by atoms with Gasteiger partial charge in [-0.2, -0.15) is 0 Å². The minimum absolute atomic E-state index is 0.212. The number of aromatic nitrogens is 1. The van der Waals surface area contributed by atoms with Gasteiger partial charge in [-0.3, -0.25) is 19.7 Å². The van der Waals surface area contributed by atoms with E-state index in [9.17, 15) is 19.6 Å². The number of hydrogen-bond donors (Lipinski definition) is 2. The lowest BCUT2D eigenvalue weighted by Gasteiger charge is -2.45. The maximum Gasteiger partial charge on any atom is 0.252 e. The highest BCUT2D eigenvalue weighted by molar-refractivity contribution is 7.14. The van der Waals surface area contributed by atoms with Crippen molar-refractivity contribution >= 4 is 34.7 Å². The maximum atomic E-state index is 12.9. The van der Waals surface area contributed by atoms with E-state index in [0.717, 1.165) is 35.7 Å². The van der Waals surface area contributed by atoms with Crippen LogP contribution in [-0.4, -0.2) is 66.6 Å². The molecule has 1 aromatic heterocycles. The van der Waals surface area contributed by atoms with Crippen molar-refractivity contribution in [1.82, 2.24) is 15.6 Å². The summed E-state index contributed by atoms with van der Waals surface area (Å²) in [5.74, 6) is -0.790. The fourth-order valence-corrected chi connectivity index (χ4v) is 5.35. The van der Waals surface area contributed by atoms with E-state index in [1.807, 2.05) is 17.5 Å². The largest absolute Gasteiger partial charge is 0.633 e. The van der Waals surface area contributed by atoms with Crippen LogP contribution in [0.15, 0.2) is 29.6 Å². The average molecular weight is 472 g/mol. The third-order valence-electron chi connectivity index (χ3n) is 6.58. The average Bonchev–Trinajstić information content (AvgIpc) is 3.30. The summed E-state index contributed by atoms with van der Waals surface area (Å²) in [5, 5.41) is 20.0. The summed E-state index contributed by atoms with van der Waals surface area (Å²) in [6.45, 7) is 2.47. The lowest BCUT2D eigenvalue weighted by Crippen LogP contribution is -2.59. The van der Waals surface area contributed by atoms with Crippen molar-refractivity contribution in [2.24, 2.45) is 0 Å². The zero-order valence-electron chi connectivity index (χ0n) is 18.7. The van der Waals surface area contributed by atoms with Crippen molar-refractivity contribution in [2.75, 3.05) is 38.1 Å². The van der Waals surface area contributed by atoms with Gasteiger partial charge in [0.1, 0.15) is 5.54 Å². The standard InChI is InChI=1S/C23H29N5O4S/c1-28(32)13-11-27(12-14-28)22-25-19(15-33-22)17-5-7-18(8-6-17)20(30)26-23(21(31)24-16-29)9-3-2-4-10-23/h5-8,15-16H,2-4,9-14H2,1H3,(H,26,30)(H,24,29,31). The molecule has 1 saturated carbocycles. The Morgan fingerprint density at radius 1 is 1.15 bits per heavy atom. The van der Waals surface area contributed by atoms with Crippen LogP contribution in [0.2, 0.25) is 0 Å². The third kappa shape index (κ3) is 5.23. The number of likely N-dealkylation sites (N-methyl/N-ethyl adjacent to an activating group) is 1. The summed E-state index contributed by atoms with van der Waals surface area (Å²) >= 11 is 1.55. The molecule has 0 atom stereocenters. The first kappa shape index (κ1) is 23.3. The number of amides is 3. The van der Waals surface area contributed by atoms with Crippen molar-refractivity contribution in [1.29, 1.82) is 0 Å². The van der Waals surface area contributed by atoms with E-state index in [-0.39, 0.29) is 10.6 Å². The second-order valence-corrected chi connectivity index (χ2v) is 9.85. The van der Waals surface area contributed by atoms with Crippen molar-refractivity contribution < 1.29 is 19.0 Å². The molecule has 0 unspecified atom stereocenters. The number of nitrogens with zero attached hydrogens (tertiary/aromatic N) is 3. The first-order chi connectivity index (χ1) is 15.8. The molecule has 9 nitrogen and oxygen atoms in total. The van der Waals surface area contributed by atoms with Gasteiger partial charge in [0.15, 0.2) is 5.13 Å². The number of hydrogen-bond acceptors (Lipinski definition) is 7. The van der Waals surface area contributed by atoms with Gasteiger partial charge in [-0.25, -0.2) is 4.98 Å². The molecule has 1 aliphatic carbocycles. The van der Waals surface area contributed by atoms with Gasteiger partial charge >= 0.3 is 0 Å². The molecule has 2 aromatic rings. The Bertz CT molecular complexity index is 1000. The van der Waals surface area contributed by atoms with Crippen LogP contribution in [0.25, 0.3) is 11.3 Å². The molecular weight excluding hydrogens is 442 g/mol. The molecule has 3 amide bonds. The Balaban J connectivity index is 1.44. The Morgan fingerprint density at radius 3 is 2.45 bits per heavy atom. The number of hydroxylamine groups is 3. The van der Waals surface area contributed by atoms with Crippen LogP contribution < -0.4 is 15.5 Å². The number of quaternary nitrogens is 1. The molecule has 2 fully saturated rings. The molecule has 1 saturated heterocycles. The predicted octanol–water partition coefficient (Wildman–Crippen LogP) is 2.28. The monoisotopic (exact) mass is 471 g/mol. The van der Waals surface area contributed by atoms with Crippen LogP contribution in [0.3, 0.4) is 0 Å². The van der Waals surface area contributed by atoms with Gasteiger partial charge in [-0.1, -0.05) is 31.4 Å². The number of rotatable bonds is 6. The highest BCUT2D eigenvalue weighted by Crippen LogP contribution is 2.30. The third-order valence-corrected chi connectivity index (χ3v) is 7.48. The van der Waals surface area contributed by atoms with Crippen LogP contribution in [0.5, 0.6) is 0 Å². The van der Waals surface area contributed by atoms with Crippen molar-refractivity contribution in [2.45, 2.75) is 37.6 Å². The normalized spacial score (nSPS) is 19.5. The van der Waals surface area contributed by atoms with E-state index >= 15 is 0 Å². The number of imide groups is 1. The number of thiazole rings is 1. The summed E-state index contributed by atoms with van der Waals surface area (Å²) < 4.78 is -0.212. The van der Waals surface area contributed by atoms with Gasteiger partial charge in [0.05, 0.1) is 38.9 Å². The smallest absolute Gasteiger partial charge is 0.252 e.